The van der Waals surface area contributed by atoms with Gasteiger partial charge in [0.25, 0.3) is 0 Å². The summed E-state index contributed by atoms with van der Waals surface area (Å²) in [5, 5.41) is 0. The Morgan fingerprint density at radius 2 is 1.16 bits per heavy atom. The third kappa shape index (κ3) is 3.72. The largest absolute Gasteiger partial charge is 0.310 e. The van der Waals surface area contributed by atoms with Crippen LogP contribution in [0.5, 0.6) is 0 Å². The van der Waals surface area contributed by atoms with E-state index in [4.69, 9.17) is 0 Å². The zero-order valence-corrected chi connectivity index (χ0v) is 30.7. The molecule has 2 heteroatoms. The third-order valence-electron chi connectivity index (χ3n) is 15.1. The molecule has 0 N–H and O–H groups in total. The number of rotatable bonds is 4. The lowest BCUT2D eigenvalue weighted by Gasteiger charge is -2.78. The van der Waals surface area contributed by atoms with Crippen LogP contribution >= 0.6 is 11.8 Å². The van der Waals surface area contributed by atoms with E-state index in [1.165, 1.54) is 87.6 Å². The Morgan fingerprint density at radius 3 is 1.94 bits per heavy atom. The second-order valence-electron chi connectivity index (χ2n) is 18.1. The predicted molar refractivity (Wildman–Crippen MR) is 208 cm³/mol. The first-order valence-electron chi connectivity index (χ1n) is 19.2. The molecule has 0 amide bonds. The number of hydrogen-bond donors (Lipinski definition) is 0. The molecule has 1 nitrogen and oxygen atoms in total. The van der Waals surface area contributed by atoms with Gasteiger partial charge in [-0.15, -0.1) is 0 Å². The summed E-state index contributed by atoms with van der Waals surface area (Å²) in [4.78, 5) is 5.52. The van der Waals surface area contributed by atoms with Gasteiger partial charge in [0.2, 0.25) is 0 Å². The number of fused-ring (bicyclic) bond motifs is 8. The first kappa shape index (κ1) is 29.9. The number of nitrogens with zero attached hydrogens (tertiary/aromatic N) is 1. The van der Waals surface area contributed by atoms with Crippen molar-refractivity contribution in [3.05, 3.63) is 138 Å². The van der Waals surface area contributed by atoms with E-state index in [1.807, 2.05) is 11.8 Å². The summed E-state index contributed by atoms with van der Waals surface area (Å²) in [6.07, 6.45) is 8.34. The van der Waals surface area contributed by atoms with E-state index in [-0.39, 0.29) is 16.2 Å². The van der Waals surface area contributed by atoms with Crippen LogP contribution in [0.25, 0.3) is 11.1 Å². The van der Waals surface area contributed by atoms with Crippen molar-refractivity contribution >= 4 is 28.8 Å². The van der Waals surface area contributed by atoms with Crippen LogP contribution in [0.1, 0.15) is 88.5 Å². The van der Waals surface area contributed by atoms with Gasteiger partial charge in [0, 0.05) is 32.3 Å². The number of benzene rings is 5. The van der Waals surface area contributed by atoms with Crippen molar-refractivity contribution in [2.45, 2.75) is 92.3 Å². The van der Waals surface area contributed by atoms with E-state index in [1.54, 1.807) is 11.1 Å². The fourth-order valence-electron chi connectivity index (χ4n) is 12.8. The molecule has 5 aliphatic carbocycles. The lowest BCUT2D eigenvalue weighted by atomic mass is 9.26. The van der Waals surface area contributed by atoms with E-state index in [9.17, 15) is 0 Å². The molecule has 1 heterocycles. The number of anilines is 3. The minimum Gasteiger partial charge on any atom is -0.310 e. The highest BCUT2D eigenvalue weighted by atomic mass is 32.2. The molecule has 0 aromatic heterocycles. The molecule has 250 valence electrons. The summed E-state index contributed by atoms with van der Waals surface area (Å²) in [6, 6.07) is 44.5. The predicted octanol–water partition coefficient (Wildman–Crippen LogP) is 13.0. The highest BCUT2D eigenvalue weighted by molar-refractivity contribution is 7.99. The van der Waals surface area contributed by atoms with Crippen molar-refractivity contribution in [3.63, 3.8) is 0 Å². The van der Waals surface area contributed by atoms with Gasteiger partial charge in [0.1, 0.15) is 0 Å². The van der Waals surface area contributed by atoms with Crippen LogP contribution in [0, 0.1) is 29.1 Å². The quantitative estimate of drug-likeness (QED) is 0.187. The van der Waals surface area contributed by atoms with Gasteiger partial charge in [0.05, 0.1) is 0 Å². The van der Waals surface area contributed by atoms with Crippen LogP contribution in [0.3, 0.4) is 0 Å². The molecule has 5 aromatic rings. The molecule has 1 aliphatic heterocycles. The molecule has 5 aromatic carbocycles. The molecule has 6 atom stereocenters. The summed E-state index contributed by atoms with van der Waals surface area (Å²) in [6.45, 7) is 9.76. The molecule has 11 rings (SSSR count). The van der Waals surface area contributed by atoms with Crippen molar-refractivity contribution < 1.29 is 0 Å². The molecule has 2 bridgehead atoms. The summed E-state index contributed by atoms with van der Waals surface area (Å²) >= 11 is 2.02. The van der Waals surface area contributed by atoms with Gasteiger partial charge in [-0.1, -0.05) is 112 Å². The van der Waals surface area contributed by atoms with Gasteiger partial charge >= 0.3 is 0 Å². The first-order valence-corrected chi connectivity index (χ1v) is 20.0. The van der Waals surface area contributed by atoms with E-state index in [0.717, 1.165) is 23.7 Å². The monoisotopic (exact) mass is 669 g/mol. The zero-order valence-electron chi connectivity index (χ0n) is 29.9. The third-order valence-corrected chi connectivity index (χ3v) is 16.2. The summed E-state index contributed by atoms with van der Waals surface area (Å²) in [5.41, 5.74) is 13.7. The molecule has 0 saturated heterocycles. The lowest BCUT2D eigenvalue weighted by molar-refractivity contribution is -0.235. The Hall–Kier alpha value is -3.75. The lowest BCUT2D eigenvalue weighted by Crippen LogP contribution is -2.74. The van der Waals surface area contributed by atoms with E-state index >= 15 is 0 Å². The Morgan fingerprint density at radius 1 is 0.540 bits per heavy atom. The standard InChI is InChI=1S/C48H47NS/c1-45(2)22-23-46(3,4)40-27-35(18-20-37(40)45)49(34-16-14-32(15-17-34)31-10-6-5-7-11-31)36-19-21-39-42(28-36)50-41-13-9-8-12-38(41)48(39)43-25-30-24-33-26-44(48)47(33,43)29-30/h5-21,27-28,30,33,43-44H,22-26,29H2,1-4H3. The molecular formula is C48H47NS. The molecule has 4 saturated carbocycles. The molecule has 6 unspecified atom stereocenters. The molecule has 4 fully saturated rings. The highest BCUT2D eigenvalue weighted by Crippen LogP contribution is 2.89. The van der Waals surface area contributed by atoms with Crippen LogP contribution in [-0.2, 0) is 16.2 Å². The minimum absolute atomic E-state index is 0.146. The van der Waals surface area contributed by atoms with E-state index < -0.39 is 0 Å². The van der Waals surface area contributed by atoms with E-state index in [0.29, 0.717) is 5.41 Å². The van der Waals surface area contributed by atoms with Crippen molar-refractivity contribution in [1.82, 2.24) is 0 Å². The van der Waals surface area contributed by atoms with Gasteiger partial charge in [-0.2, -0.15) is 0 Å². The van der Waals surface area contributed by atoms with Crippen LogP contribution in [0.4, 0.5) is 17.1 Å². The normalized spacial score (nSPS) is 31.1. The summed E-state index contributed by atoms with van der Waals surface area (Å²) < 4.78 is 0. The van der Waals surface area contributed by atoms with Gasteiger partial charge < -0.3 is 4.90 Å². The Balaban J connectivity index is 1.07. The second-order valence-corrected chi connectivity index (χ2v) is 19.2. The maximum absolute atomic E-state index is 2.58. The van der Waals surface area contributed by atoms with Crippen molar-refractivity contribution in [2.75, 3.05) is 4.90 Å². The topological polar surface area (TPSA) is 3.24 Å². The summed E-state index contributed by atoms with van der Waals surface area (Å²) in [5.74, 6) is 3.60. The van der Waals surface area contributed by atoms with Gasteiger partial charge in [0.15, 0.2) is 0 Å². The van der Waals surface area contributed by atoms with Crippen molar-refractivity contribution in [1.29, 1.82) is 0 Å². The molecule has 50 heavy (non-hydrogen) atoms. The molecule has 2 spiro atoms. The summed E-state index contributed by atoms with van der Waals surface area (Å²) in [7, 11) is 0. The van der Waals surface area contributed by atoms with Crippen LogP contribution in [-0.4, -0.2) is 0 Å². The van der Waals surface area contributed by atoms with Crippen LogP contribution in [0.15, 0.2) is 125 Å². The Labute approximate surface area is 302 Å². The maximum atomic E-state index is 2.58. The van der Waals surface area contributed by atoms with Crippen LogP contribution in [0.2, 0.25) is 0 Å². The van der Waals surface area contributed by atoms with Gasteiger partial charge in [-0.3, -0.25) is 0 Å². The smallest absolute Gasteiger partial charge is 0.0473 e. The van der Waals surface area contributed by atoms with Crippen molar-refractivity contribution in [2.24, 2.45) is 29.1 Å². The maximum Gasteiger partial charge on any atom is 0.0473 e. The minimum atomic E-state index is 0.146. The SMILES string of the molecule is CC1(C)CCC(C)(C)c2cc(N(c3ccc(-c4ccccc4)cc3)c3ccc4c(c3)Sc3ccccc3C43C4CC5CC6CC3C64C5)ccc21. The fraction of sp³-hybridized carbons (Fsp3) is 0.375. The average molecular weight is 670 g/mol. The fourth-order valence-corrected chi connectivity index (χ4v) is 14.1. The van der Waals surface area contributed by atoms with Crippen LogP contribution < -0.4 is 4.90 Å². The average Bonchev–Trinajstić information content (AvgIpc) is 3.66. The van der Waals surface area contributed by atoms with Gasteiger partial charge in [-0.25, -0.2) is 0 Å². The Kier molecular flexibility index (Phi) is 5.97. The highest BCUT2D eigenvalue weighted by Gasteiger charge is 2.84. The zero-order chi connectivity index (χ0) is 33.6. The van der Waals surface area contributed by atoms with E-state index in [2.05, 4.69) is 148 Å². The number of hydrogen-bond acceptors (Lipinski definition) is 2. The first-order chi connectivity index (χ1) is 24.2. The van der Waals surface area contributed by atoms with Gasteiger partial charge in [-0.05, 0) is 154 Å². The molecular weight excluding hydrogens is 623 g/mol. The van der Waals surface area contributed by atoms with Crippen molar-refractivity contribution in [3.8, 4) is 11.1 Å². The Bertz CT molecular complexity index is 2200. The molecule has 0 radical (unpaired) electrons. The molecule has 6 aliphatic rings. The second kappa shape index (κ2) is 9.97.